The minimum Gasteiger partial charge on any atom is -0.364 e. The molecule has 0 fully saturated rings. The number of halogens is 1. The second-order valence-electron chi connectivity index (χ2n) is 5.57. The van der Waals surface area contributed by atoms with E-state index in [-0.39, 0.29) is 35.7 Å². The number of aromatic nitrogens is 2. The van der Waals surface area contributed by atoms with Crippen molar-refractivity contribution < 1.29 is 9.59 Å². The monoisotopic (exact) mass is 365 g/mol. The molecule has 0 aliphatic rings. The Hall–Kier alpha value is -2.38. The van der Waals surface area contributed by atoms with Gasteiger partial charge in [-0.05, 0) is 18.6 Å². The number of carbonyl (C=O) groups excluding carboxylic acids is 2. The fourth-order valence-electron chi connectivity index (χ4n) is 2.39. The summed E-state index contributed by atoms with van der Waals surface area (Å²) in [6, 6.07) is 10.3. The average Bonchev–Trinajstić information content (AvgIpc) is 3.05. The molecular formula is C17H24ClN5O2. The first-order valence-electron chi connectivity index (χ1n) is 8.03. The Kier molecular flexibility index (Phi) is 8.10. The van der Waals surface area contributed by atoms with Gasteiger partial charge in [0.05, 0.1) is 5.69 Å². The lowest BCUT2D eigenvalue weighted by Crippen LogP contribution is -2.40. The van der Waals surface area contributed by atoms with E-state index in [0.29, 0.717) is 12.2 Å². The van der Waals surface area contributed by atoms with E-state index in [9.17, 15) is 9.59 Å². The molecule has 0 aliphatic heterocycles. The Bertz CT molecular complexity index is 702. The first kappa shape index (κ1) is 20.7. The van der Waals surface area contributed by atoms with E-state index in [0.717, 1.165) is 19.3 Å². The van der Waals surface area contributed by atoms with Crippen molar-refractivity contribution in [1.82, 2.24) is 15.1 Å². The van der Waals surface area contributed by atoms with Crippen LogP contribution in [0.1, 0.15) is 47.2 Å². The first-order valence-corrected chi connectivity index (χ1v) is 8.03. The number of nitrogens with two attached hydrogens (primary N) is 2. The van der Waals surface area contributed by atoms with Crippen LogP contribution >= 0.6 is 12.4 Å². The Labute approximate surface area is 153 Å². The van der Waals surface area contributed by atoms with E-state index >= 15 is 0 Å². The Balaban J connectivity index is 0.00000312. The van der Waals surface area contributed by atoms with Gasteiger partial charge in [-0.15, -0.1) is 12.4 Å². The van der Waals surface area contributed by atoms with Gasteiger partial charge in [0.1, 0.15) is 5.69 Å². The Morgan fingerprint density at radius 3 is 2.52 bits per heavy atom. The number of hydrogen-bond donors (Lipinski definition) is 3. The zero-order valence-electron chi connectivity index (χ0n) is 14.1. The van der Waals surface area contributed by atoms with E-state index in [1.165, 1.54) is 10.7 Å². The van der Waals surface area contributed by atoms with E-state index < -0.39 is 5.91 Å². The van der Waals surface area contributed by atoms with Crippen LogP contribution in [0.3, 0.4) is 0 Å². The SMILES string of the molecule is CCCCC(CN)NC(=O)c1cc(C(N)=O)n(-c2ccccc2)n1.Cl. The second-order valence-corrected chi connectivity index (χ2v) is 5.57. The van der Waals surface area contributed by atoms with Crippen molar-refractivity contribution >= 4 is 24.2 Å². The van der Waals surface area contributed by atoms with Crippen molar-refractivity contribution in [2.45, 2.75) is 32.2 Å². The number of benzene rings is 1. The van der Waals surface area contributed by atoms with Crippen LogP contribution in [-0.2, 0) is 0 Å². The summed E-state index contributed by atoms with van der Waals surface area (Å²) in [5, 5.41) is 7.09. The van der Waals surface area contributed by atoms with Crippen molar-refractivity contribution in [3.8, 4) is 5.69 Å². The fourth-order valence-corrected chi connectivity index (χ4v) is 2.39. The third-order valence-corrected chi connectivity index (χ3v) is 3.72. The molecule has 2 amide bonds. The molecule has 5 N–H and O–H groups in total. The summed E-state index contributed by atoms with van der Waals surface area (Å²) >= 11 is 0. The summed E-state index contributed by atoms with van der Waals surface area (Å²) in [6.45, 7) is 2.43. The summed E-state index contributed by atoms with van der Waals surface area (Å²) in [5.41, 5.74) is 12.1. The van der Waals surface area contributed by atoms with Gasteiger partial charge in [-0.1, -0.05) is 38.0 Å². The lowest BCUT2D eigenvalue weighted by molar-refractivity contribution is 0.0929. The molecule has 1 aromatic heterocycles. The molecule has 2 aromatic rings. The highest BCUT2D eigenvalue weighted by atomic mass is 35.5. The normalized spacial score (nSPS) is 11.4. The summed E-state index contributed by atoms with van der Waals surface area (Å²) in [6.07, 6.45) is 2.81. The quantitative estimate of drug-likeness (QED) is 0.659. The maximum absolute atomic E-state index is 12.4. The minimum absolute atomic E-state index is 0. The van der Waals surface area contributed by atoms with Crippen molar-refractivity contribution in [2.24, 2.45) is 11.5 Å². The number of para-hydroxylation sites is 1. The smallest absolute Gasteiger partial charge is 0.272 e. The third-order valence-electron chi connectivity index (χ3n) is 3.72. The highest BCUT2D eigenvalue weighted by molar-refractivity contribution is 5.97. The van der Waals surface area contributed by atoms with Crippen LogP contribution in [0, 0.1) is 0 Å². The number of nitrogens with zero attached hydrogens (tertiary/aromatic N) is 2. The Morgan fingerprint density at radius 2 is 1.96 bits per heavy atom. The van der Waals surface area contributed by atoms with Gasteiger partial charge in [0.2, 0.25) is 0 Å². The topological polar surface area (TPSA) is 116 Å². The Morgan fingerprint density at radius 1 is 1.28 bits per heavy atom. The van der Waals surface area contributed by atoms with Crippen molar-refractivity contribution in [2.75, 3.05) is 6.54 Å². The number of amides is 2. The molecule has 1 atom stereocenters. The number of primary amides is 1. The highest BCUT2D eigenvalue weighted by Crippen LogP contribution is 2.13. The fraction of sp³-hybridized carbons (Fsp3) is 0.353. The molecule has 25 heavy (non-hydrogen) atoms. The lowest BCUT2D eigenvalue weighted by atomic mass is 10.1. The molecule has 1 aromatic carbocycles. The second kappa shape index (κ2) is 9.80. The number of rotatable bonds is 8. The molecule has 0 saturated carbocycles. The molecule has 136 valence electrons. The summed E-state index contributed by atoms with van der Waals surface area (Å²) in [5.74, 6) is -1.01. The number of unbranched alkanes of at least 4 members (excludes halogenated alkanes) is 1. The first-order chi connectivity index (χ1) is 11.6. The average molecular weight is 366 g/mol. The van der Waals surface area contributed by atoms with Gasteiger partial charge < -0.3 is 16.8 Å². The third kappa shape index (κ3) is 5.30. The van der Waals surface area contributed by atoms with Gasteiger partial charge in [0.15, 0.2) is 5.69 Å². The van der Waals surface area contributed by atoms with Crippen LogP contribution in [-0.4, -0.2) is 34.2 Å². The van der Waals surface area contributed by atoms with Gasteiger partial charge in [-0.2, -0.15) is 5.10 Å². The molecule has 1 heterocycles. The predicted octanol–water partition coefficient (Wildman–Crippen LogP) is 1.64. The van der Waals surface area contributed by atoms with E-state index in [4.69, 9.17) is 11.5 Å². The molecule has 8 heteroatoms. The molecule has 0 bridgehead atoms. The van der Waals surface area contributed by atoms with Crippen LogP contribution in [0.25, 0.3) is 5.69 Å². The maximum Gasteiger partial charge on any atom is 0.272 e. The molecular weight excluding hydrogens is 342 g/mol. The highest BCUT2D eigenvalue weighted by Gasteiger charge is 2.20. The molecule has 1 unspecified atom stereocenters. The van der Waals surface area contributed by atoms with Crippen molar-refractivity contribution in [1.29, 1.82) is 0 Å². The molecule has 7 nitrogen and oxygen atoms in total. The van der Waals surface area contributed by atoms with Crippen LogP contribution in [0.5, 0.6) is 0 Å². The molecule has 0 aliphatic carbocycles. The van der Waals surface area contributed by atoms with Crippen molar-refractivity contribution in [3.63, 3.8) is 0 Å². The van der Waals surface area contributed by atoms with E-state index in [1.54, 1.807) is 12.1 Å². The summed E-state index contributed by atoms with van der Waals surface area (Å²) in [4.78, 5) is 24.1. The number of nitrogens with one attached hydrogen (secondary N) is 1. The van der Waals surface area contributed by atoms with Gasteiger partial charge in [0, 0.05) is 18.7 Å². The van der Waals surface area contributed by atoms with Gasteiger partial charge in [-0.25, -0.2) is 4.68 Å². The zero-order valence-corrected chi connectivity index (χ0v) is 15.0. The summed E-state index contributed by atoms with van der Waals surface area (Å²) in [7, 11) is 0. The van der Waals surface area contributed by atoms with Gasteiger partial charge in [-0.3, -0.25) is 9.59 Å². The largest absolute Gasteiger partial charge is 0.364 e. The van der Waals surface area contributed by atoms with Crippen LogP contribution in [0.4, 0.5) is 0 Å². The molecule has 2 rings (SSSR count). The molecule has 0 spiro atoms. The molecule has 0 saturated heterocycles. The van der Waals surface area contributed by atoms with Gasteiger partial charge >= 0.3 is 0 Å². The number of carbonyl (C=O) groups is 2. The molecule has 0 radical (unpaired) electrons. The number of hydrogen-bond acceptors (Lipinski definition) is 4. The predicted molar refractivity (Wildman–Crippen MR) is 99.2 cm³/mol. The lowest BCUT2D eigenvalue weighted by Gasteiger charge is -2.15. The zero-order chi connectivity index (χ0) is 17.5. The minimum atomic E-state index is -0.647. The van der Waals surface area contributed by atoms with Crippen molar-refractivity contribution in [3.05, 3.63) is 47.8 Å². The summed E-state index contributed by atoms with van der Waals surface area (Å²) < 4.78 is 1.38. The van der Waals surface area contributed by atoms with Crippen LogP contribution in [0.2, 0.25) is 0 Å². The van der Waals surface area contributed by atoms with E-state index in [1.807, 2.05) is 18.2 Å². The standard InChI is InChI=1S/C17H23N5O2.ClH/c1-2-3-7-12(11-18)20-17(24)14-10-15(16(19)23)22(21-14)13-8-5-4-6-9-13;/h4-6,8-10,12H,2-3,7,11,18H2,1H3,(H2,19,23)(H,20,24);1H. The maximum atomic E-state index is 12.4. The van der Waals surface area contributed by atoms with E-state index in [2.05, 4.69) is 17.3 Å². The van der Waals surface area contributed by atoms with Crippen LogP contribution in [0.15, 0.2) is 36.4 Å². The van der Waals surface area contributed by atoms with Crippen LogP contribution < -0.4 is 16.8 Å². The van der Waals surface area contributed by atoms with Gasteiger partial charge in [0.25, 0.3) is 11.8 Å².